The quantitative estimate of drug-likeness (QED) is 0.866. The molecule has 2 rings (SSSR count). The Labute approximate surface area is 102 Å². The summed E-state index contributed by atoms with van der Waals surface area (Å²) < 4.78 is 5.65. The van der Waals surface area contributed by atoms with E-state index in [1.54, 1.807) is 0 Å². The second kappa shape index (κ2) is 5.21. The van der Waals surface area contributed by atoms with Crippen molar-refractivity contribution in [2.45, 2.75) is 45.3 Å². The Morgan fingerprint density at radius 1 is 1.47 bits per heavy atom. The number of rotatable bonds is 4. The Bertz CT molecular complexity index is 401. The first-order chi connectivity index (χ1) is 8.13. The van der Waals surface area contributed by atoms with Gasteiger partial charge < -0.3 is 10.1 Å². The Morgan fingerprint density at radius 3 is 2.94 bits per heavy atom. The van der Waals surface area contributed by atoms with Crippen molar-refractivity contribution in [2.75, 3.05) is 0 Å². The monoisotopic (exact) mass is 233 g/mol. The molecular formula is C14H19NO2. The summed E-state index contributed by atoms with van der Waals surface area (Å²) in [5.41, 5.74) is 1.22. The maximum Gasteiger partial charge on any atom is 0.220 e. The smallest absolute Gasteiger partial charge is 0.220 e. The van der Waals surface area contributed by atoms with Crippen LogP contribution < -0.4 is 10.1 Å². The van der Waals surface area contributed by atoms with Gasteiger partial charge in [0.05, 0.1) is 6.10 Å². The fourth-order valence-corrected chi connectivity index (χ4v) is 2.13. The molecule has 0 saturated carbocycles. The maximum atomic E-state index is 11.1. The molecule has 0 spiro atoms. The van der Waals surface area contributed by atoms with Crippen LogP contribution in [0.4, 0.5) is 0 Å². The second-order valence-corrected chi connectivity index (χ2v) is 4.82. The highest BCUT2D eigenvalue weighted by Gasteiger charge is 2.20. The largest absolute Gasteiger partial charge is 0.491 e. The SMILES string of the molecule is CC(C)Oc1cccc(CC2CCC(=O)N2)c1. The fraction of sp³-hybridized carbons (Fsp3) is 0.500. The van der Waals surface area contributed by atoms with Gasteiger partial charge in [0, 0.05) is 12.5 Å². The van der Waals surface area contributed by atoms with Crippen molar-refractivity contribution in [2.24, 2.45) is 0 Å². The van der Waals surface area contributed by atoms with E-state index in [1.807, 2.05) is 26.0 Å². The van der Waals surface area contributed by atoms with Crippen molar-refractivity contribution in [3.63, 3.8) is 0 Å². The summed E-state index contributed by atoms with van der Waals surface area (Å²) in [4.78, 5) is 11.1. The number of amides is 1. The molecule has 1 amide bonds. The third-order valence-electron chi connectivity index (χ3n) is 2.84. The summed E-state index contributed by atoms with van der Waals surface area (Å²) in [5, 5.41) is 2.98. The Morgan fingerprint density at radius 2 is 2.29 bits per heavy atom. The molecule has 17 heavy (non-hydrogen) atoms. The molecule has 1 aromatic carbocycles. The molecule has 1 N–H and O–H groups in total. The van der Waals surface area contributed by atoms with Crippen LogP contribution in [0.1, 0.15) is 32.3 Å². The predicted molar refractivity (Wildman–Crippen MR) is 67.1 cm³/mol. The third-order valence-corrected chi connectivity index (χ3v) is 2.84. The molecule has 0 radical (unpaired) electrons. The summed E-state index contributed by atoms with van der Waals surface area (Å²) in [6.45, 7) is 4.04. The number of hydrogen-bond acceptors (Lipinski definition) is 2. The molecule has 1 atom stereocenters. The second-order valence-electron chi connectivity index (χ2n) is 4.82. The molecule has 3 heteroatoms. The Balaban J connectivity index is 1.98. The minimum atomic E-state index is 0.171. The minimum absolute atomic E-state index is 0.171. The molecular weight excluding hydrogens is 214 g/mol. The van der Waals surface area contributed by atoms with Gasteiger partial charge in [-0.3, -0.25) is 4.79 Å². The summed E-state index contributed by atoms with van der Waals surface area (Å²) in [7, 11) is 0. The molecule has 1 fully saturated rings. The summed E-state index contributed by atoms with van der Waals surface area (Å²) >= 11 is 0. The average Bonchev–Trinajstić information content (AvgIpc) is 2.63. The van der Waals surface area contributed by atoms with E-state index in [0.717, 1.165) is 18.6 Å². The molecule has 1 heterocycles. The van der Waals surface area contributed by atoms with Crippen LogP contribution in [0.25, 0.3) is 0 Å². The molecule has 92 valence electrons. The normalized spacial score (nSPS) is 19.5. The maximum absolute atomic E-state index is 11.1. The lowest BCUT2D eigenvalue weighted by Crippen LogP contribution is -2.27. The van der Waals surface area contributed by atoms with Crippen molar-refractivity contribution in [1.29, 1.82) is 0 Å². The predicted octanol–water partition coefficient (Wildman–Crippen LogP) is 2.29. The lowest BCUT2D eigenvalue weighted by atomic mass is 10.0. The van der Waals surface area contributed by atoms with Gasteiger partial charge in [-0.15, -0.1) is 0 Å². The number of hydrogen-bond donors (Lipinski definition) is 1. The third kappa shape index (κ3) is 3.48. The van der Waals surface area contributed by atoms with Gasteiger partial charge in [-0.25, -0.2) is 0 Å². The molecule has 0 bridgehead atoms. The van der Waals surface area contributed by atoms with E-state index in [0.29, 0.717) is 6.42 Å². The highest BCUT2D eigenvalue weighted by molar-refractivity contribution is 5.78. The summed E-state index contributed by atoms with van der Waals surface area (Å²) in [6, 6.07) is 8.40. The highest BCUT2D eigenvalue weighted by atomic mass is 16.5. The van der Waals surface area contributed by atoms with Gasteiger partial charge in [-0.1, -0.05) is 12.1 Å². The van der Waals surface area contributed by atoms with E-state index >= 15 is 0 Å². The molecule has 1 aliphatic heterocycles. The average molecular weight is 233 g/mol. The van der Waals surface area contributed by atoms with E-state index in [9.17, 15) is 4.79 Å². The van der Waals surface area contributed by atoms with Crippen LogP contribution in [-0.4, -0.2) is 18.1 Å². The Kier molecular flexibility index (Phi) is 3.67. The van der Waals surface area contributed by atoms with Crippen LogP contribution in [0, 0.1) is 0 Å². The van der Waals surface area contributed by atoms with Gasteiger partial charge in [-0.2, -0.15) is 0 Å². The minimum Gasteiger partial charge on any atom is -0.491 e. The lowest BCUT2D eigenvalue weighted by Gasteiger charge is -2.13. The first-order valence-electron chi connectivity index (χ1n) is 6.18. The zero-order valence-corrected chi connectivity index (χ0v) is 10.4. The summed E-state index contributed by atoms with van der Waals surface area (Å²) in [6.07, 6.45) is 2.68. The number of carbonyl (C=O) groups excluding carboxylic acids is 1. The Hall–Kier alpha value is -1.51. The highest BCUT2D eigenvalue weighted by Crippen LogP contribution is 2.18. The molecule has 3 nitrogen and oxygen atoms in total. The van der Waals surface area contributed by atoms with Crippen LogP contribution in [0.15, 0.2) is 24.3 Å². The van der Waals surface area contributed by atoms with Crippen LogP contribution in [-0.2, 0) is 11.2 Å². The molecule has 0 aliphatic carbocycles. The van der Waals surface area contributed by atoms with Crippen LogP contribution >= 0.6 is 0 Å². The topological polar surface area (TPSA) is 38.3 Å². The van der Waals surface area contributed by atoms with E-state index in [4.69, 9.17) is 4.74 Å². The number of ether oxygens (including phenoxy) is 1. The zero-order chi connectivity index (χ0) is 12.3. The number of nitrogens with one attached hydrogen (secondary N) is 1. The van der Waals surface area contributed by atoms with Crippen LogP contribution in [0.3, 0.4) is 0 Å². The zero-order valence-electron chi connectivity index (χ0n) is 10.4. The van der Waals surface area contributed by atoms with Crippen LogP contribution in [0.5, 0.6) is 5.75 Å². The molecule has 1 aromatic rings. The van der Waals surface area contributed by atoms with Gasteiger partial charge in [0.15, 0.2) is 0 Å². The van der Waals surface area contributed by atoms with Gasteiger partial charge >= 0.3 is 0 Å². The lowest BCUT2D eigenvalue weighted by molar-refractivity contribution is -0.119. The first-order valence-corrected chi connectivity index (χ1v) is 6.18. The molecule has 0 aromatic heterocycles. The van der Waals surface area contributed by atoms with Crippen molar-refractivity contribution in [3.05, 3.63) is 29.8 Å². The van der Waals surface area contributed by atoms with Gasteiger partial charge in [0.2, 0.25) is 5.91 Å². The molecule has 1 unspecified atom stereocenters. The van der Waals surface area contributed by atoms with E-state index in [1.165, 1.54) is 5.56 Å². The van der Waals surface area contributed by atoms with Gasteiger partial charge in [-0.05, 0) is 44.4 Å². The first kappa shape index (κ1) is 12.0. The van der Waals surface area contributed by atoms with Crippen molar-refractivity contribution in [1.82, 2.24) is 5.32 Å². The van der Waals surface area contributed by atoms with E-state index < -0.39 is 0 Å². The van der Waals surface area contributed by atoms with Crippen molar-refractivity contribution >= 4 is 5.91 Å². The number of benzene rings is 1. The molecule has 1 saturated heterocycles. The van der Waals surface area contributed by atoms with Gasteiger partial charge in [0.25, 0.3) is 0 Å². The standard InChI is InChI=1S/C14H19NO2/c1-10(2)17-13-5-3-4-11(9-13)8-12-6-7-14(16)15-12/h3-5,9-10,12H,6-8H2,1-2H3,(H,15,16). The van der Waals surface area contributed by atoms with E-state index in [-0.39, 0.29) is 18.1 Å². The van der Waals surface area contributed by atoms with Gasteiger partial charge in [0.1, 0.15) is 5.75 Å². The van der Waals surface area contributed by atoms with Crippen molar-refractivity contribution < 1.29 is 9.53 Å². The fourth-order valence-electron chi connectivity index (χ4n) is 2.13. The van der Waals surface area contributed by atoms with Crippen molar-refractivity contribution in [3.8, 4) is 5.75 Å². The molecule has 1 aliphatic rings. The summed E-state index contributed by atoms with van der Waals surface area (Å²) in [5.74, 6) is 1.08. The van der Waals surface area contributed by atoms with Crippen LogP contribution in [0.2, 0.25) is 0 Å². The van der Waals surface area contributed by atoms with E-state index in [2.05, 4.69) is 17.4 Å². The number of carbonyl (C=O) groups is 1.